The lowest BCUT2D eigenvalue weighted by Crippen LogP contribution is -2.33. The molecule has 0 amide bonds. The predicted octanol–water partition coefficient (Wildman–Crippen LogP) is 0.874. The average Bonchev–Trinajstić information content (AvgIpc) is 2.66. The summed E-state index contributed by atoms with van der Waals surface area (Å²) < 4.78 is 9.67. The molecule has 0 aliphatic heterocycles. The summed E-state index contributed by atoms with van der Waals surface area (Å²) >= 11 is 0. The SMILES string of the molecule is CCOC(=O)C(C(=O)OCC)C1C=CC(=O)C1. The Morgan fingerprint density at radius 2 is 1.82 bits per heavy atom. The van der Waals surface area contributed by atoms with Crippen LogP contribution in [0, 0.1) is 11.8 Å². The third-order valence-corrected chi connectivity index (χ3v) is 2.48. The minimum atomic E-state index is -1.03. The third kappa shape index (κ3) is 3.41. The zero-order chi connectivity index (χ0) is 12.8. The molecule has 0 saturated carbocycles. The largest absolute Gasteiger partial charge is 0.465 e. The van der Waals surface area contributed by atoms with E-state index in [9.17, 15) is 14.4 Å². The maximum atomic E-state index is 11.7. The number of ketones is 1. The normalized spacial score (nSPS) is 18.5. The third-order valence-electron chi connectivity index (χ3n) is 2.48. The first kappa shape index (κ1) is 13.4. The fourth-order valence-corrected chi connectivity index (χ4v) is 1.74. The predicted molar refractivity (Wildman–Crippen MR) is 59.0 cm³/mol. The molecule has 0 bridgehead atoms. The van der Waals surface area contributed by atoms with Gasteiger partial charge in [-0.05, 0) is 19.9 Å². The summed E-state index contributed by atoms with van der Waals surface area (Å²) in [5.74, 6) is -2.82. The van der Waals surface area contributed by atoms with Gasteiger partial charge < -0.3 is 9.47 Å². The molecular formula is C12H16O5. The molecule has 5 heteroatoms. The van der Waals surface area contributed by atoms with E-state index in [0.717, 1.165) is 0 Å². The summed E-state index contributed by atoms with van der Waals surface area (Å²) in [6, 6.07) is 0. The second-order valence-corrected chi connectivity index (χ2v) is 3.68. The van der Waals surface area contributed by atoms with Crippen LogP contribution in [0.4, 0.5) is 0 Å². The molecule has 0 spiro atoms. The summed E-state index contributed by atoms with van der Waals surface area (Å²) in [5, 5.41) is 0. The van der Waals surface area contributed by atoms with Crippen LogP contribution in [0.15, 0.2) is 12.2 Å². The van der Waals surface area contributed by atoms with E-state index in [4.69, 9.17) is 9.47 Å². The topological polar surface area (TPSA) is 69.7 Å². The number of esters is 2. The molecule has 0 radical (unpaired) electrons. The first-order valence-electron chi connectivity index (χ1n) is 5.64. The Morgan fingerprint density at radius 1 is 1.29 bits per heavy atom. The molecule has 0 N–H and O–H groups in total. The number of ether oxygens (including phenoxy) is 2. The summed E-state index contributed by atoms with van der Waals surface area (Å²) in [5.41, 5.74) is 0. The lowest BCUT2D eigenvalue weighted by Gasteiger charge is -2.18. The molecule has 94 valence electrons. The van der Waals surface area contributed by atoms with Gasteiger partial charge in [0.1, 0.15) is 0 Å². The maximum Gasteiger partial charge on any atom is 0.320 e. The van der Waals surface area contributed by atoms with Crippen LogP contribution < -0.4 is 0 Å². The molecular weight excluding hydrogens is 224 g/mol. The molecule has 0 aromatic heterocycles. The maximum absolute atomic E-state index is 11.7. The Kier molecular flexibility index (Phi) is 4.87. The second kappa shape index (κ2) is 6.18. The highest BCUT2D eigenvalue weighted by molar-refractivity contribution is 5.99. The van der Waals surface area contributed by atoms with Crippen LogP contribution in [0.5, 0.6) is 0 Å². The van der Waals surface area contributed by atoms with Crippen LogP contribution in [0.1, 0.15) is 20.3 Å². The van der Waals surface area contributed by atoms with Crippen molar-refractivity contribution in [1.29, 1.82) is 0 Å². The fraction of sp³-hybridized carbons (Fsp3) is 0.583. The average molecular weight is 240 g/mol. The highest BCUT2D eigenvalue weighted by Gasteiger charge is 2.38. The zero-order valence-corrected chi connectivity index (χ0v) is 9.97. The van der Waals surface area contributed by atoms with Crippen LogP contribution in [-0.2, 0) is 23.9 Å². The molecule has 1 unspecified atom stereocenters. The molecule has 0 saturated heterocycles. The standard InChI is InChI=1S/C12H16O5/c1-3-16-11(14)10(12(15)17-4-2)8-5-6-9(13)7-8/h5-6,8,10H,3-4,7H2,1-2H3. The van der Waals surface area contributed by atoms with Crippen molar-refractivity contribution in [3.8, 4) is 0 Å². The molecule has 1 aliphatic rings. The molecule has 1 atom stereocenters. The van der Waals surface area contributed by atoms with Gasteiger partial charge in [-0.15, -0.1) is 0 Å². The highest BCUT2D eigenvalue weighted by Crippen LogP contribution is 2.25. The van der Waals surface area contributed by atoms with Gasteiger partial charge in [0.25, 0.3) is 0 Å². The van der Waals surface area contributed by atoms with Gasteiger partial charge in [0.05, 0.1) is 13.2 Å². The summed E-state index contributed by atoms with van der Waals surface area (Å²) in [6.45, 7) is 3.71. The molecule has 1 aliphatic carbocycles. The van der Waals surface area contributed by atoms with Gasteiger partial charge in [-0.3, -0.25) is 14.4 Å². The van der Waals surface area contributed by atoms with E-state index < -0.39 is 23.8 Å². The highest BCUT2D eigenvalue weighted by atomic mass is 16.6. The van der Waals surface area contributed by atoms with Crippen molar-refractivity contribution in [2.24, 2.45) is 11.8 Å². The molecule has 1 rings (SSSR count). The quantitative estimate of drug-likeness (QED) is 0.527. The van der Waals surface area contributed by atoms with E-state index in [1.165, 1.54) is 6.08 Å². The molecule has 0 heterocycles. The van der Waals surface area contributed by atoms with E-state index in [2.05, 4.69) is 0 Å². The fourth-order valence-electron chi connectivity index (χ4n) is 1.74. The minimum absolute atomic E-state index is 0.0893. The Balaban J connectivity index is 2.78. The smallest absolute Gasteiger partial charge is 0.320 e. The Bertz CT molecular complexity index is 327. The van der Waals surface area contributed by atoms with E-state index in [-0.39, 0.29) is 25.4 Å². The first-order chi connectivity index (χ1) is 8.10. The van der Waals surface area contributed by atoms with Crippen molar-refractivity contribution < 1.29 is 23.9 Å². The van der Waals surface area contributed by atoms with Gasteiger partial charge in [-0.2, -0.15) is 0 Å². The lowest BCUT2D eigenvalue weighted by molar-refractivity contribution is -0.163. The number of rotatable bonds is 5. The van der Waals surface area contributed by atoms with Crippen molar-refractivity contribution >= 4 is 17.7 Å². The Hall–Kier alpha value is -1.65. The summed E-state index contributed by atoms with van der Waals surface area (Å²) in [7, 11) is 0. The lowest BCUT2D eigenvalue weighted by atomic mass is 9.92. The second-order valence-electron chi connectivity index (χ2n) is 3.68. The number of allylic oxidation sites excluding steroid dienone is 2. The van der Waals surface area contributed by atoms with Gasteiger partial charge in [-0.25, -0.2) is 0 Å². The molecule has 0 aromatic rings. The van der Waals surface area contributed by atoms with Crippen molar-refractivity contribution in [3.05, 3.63) is 12.2 Å². The van der Waals surface area contributed by atoms with E-state index >= 15 is 0 Å². The first-order valence-corrected chi connectivity index (χ1v) is 5.64. The van der Waals surface area contributed by atoms with Crippen molar-refractivity contribution in [3.63, 3.8) is 0 Å². The molecule has 0 fully saturated rings. The van der Waals surface area contributed by atoms with Gasteiger partial charge in [0, 0.05) is 12.3 Å². The summed E-state index contributed by atoms with van der Waals surface area (Å²) in [4.78, 5) is 34.5. The van der Waals surface area contributed by atoms with Crippen LogP contribution >= 0.6 is 0 Å². The van der Waals surface area contributed by atoms with Gasteiger partial charge in [0.2, 0.25) is 0 Å². The molecule has 17 heavy (non-hydrogen) atoms. The Labute approximate surface area is 99.8 Å². The number of carbonyl (C=O) groups is 3. The minimum Gasteiger partial charge on any atom is -0.465 e. The van der Waals surface area contributed by atoms with E-state index in [1.54, 1.807) is 19.9 Å². The van der Waals surface area contributed by atoms with Crippen LogP contribution in [0.3, 0.4) is 0 Å². The number of carbonyl (C=O) groups excluding carboxylic acids is 3. The van der Waals surface area contributed by atoms with Crippen molar-refractivity contribution in [2.75, 3.05) is 13.2 Å². The van der Waals surface area contributed by atoms with Crippen molar-refractivity contribution in [1.82, 2.24) is 0 Å². The monoisotopic (exact) mass is 240 g/mol. The van der Waals surface area contributed by atoms with Crippen molar-refractivity contribution in [2.45, 2.75) is 20.3 Å². The van der Waals surface area contributed by atoms with Gasteiger partial charge in [0.15, 0.2) is 11.7 Å². The Morgan fingerprint density at radius 3 is 2.18 bits per heavy atom. The summed E-state index contributed by atoms with van der Waals surface area (Å²) in [6.07, 6.45) is 3.11. The van der Waals surface area contributed by atoms with Crippen LogP contribution in [-0.4, -0.2) is 30.9 Å². The number of hydrogen-bond acceptors (Lipinski definition) is 5. The van der Waals surface area contributed by atoms with Crippen LogP contribution in [0.2, 0.25) is 0 Å². The molecule has 5 nitrogen and oxygen atoms in total. The molecule has 0 aromatic carbocycles. The van der Waals surface area contributed by atoms with E-state index in [1.807, 2.05) is 0 Å². The van der Waals surface area contributed by atoms with Gasteiger partial charge >= 0.3 is 11.9 Å². The van der Waals surface area contributed by atoms with Gasteiger partial charge in [-0.1, -0.05) is 6.08 Å². The number of hydrogen-bond donors (Lipinski definition) is 0. The zero-order valence-electron chi connectivity index (χ0n) is 9.97. The van der Waals surface area contributed by atoms with E-state index in [0.29, 0.717) is 0 Å². The van der Waals surface area contributed by atoms with Crippen LogP contribution in [0.25, 0.3) is 0 Å².